The number of benzene rings is 1. The van der Waals surface area contributed by atoms with Gasteiger partial charge in [-0.05, 0) is 44.1 Å². The Morgan fingerprint density at radius 2 is 1.87 bits per heavy atom. The molecule has 1 aliphatic heterocycles. The van der Waals surface area contributed by atoms with Gasteiger partial charge in [0.2, 0.25) is 0 Å². The fraction of sp³-hybridized carbons (Fsp3) is 0.348. The number of hydrogen-bond donors (Lipinski definition) is 1. The Kier molecular flexibility index (Phi) is 6.09. The summed E-state index contributed by atoms with van der Waals surface area (Å²) in [7, 11) is 3.33. The molecule has 0 spiro atoms. The molecule has 1 aromatic carbocycles. The standard InChI is InChI=1S/C23H26N4O3/c1-29-20-5-3-4-18(22(20)30-2)15-27-12-8-17(9-13-27)23-25-19(14-21(28)26-23)16-6-10-24-11-7-16/h3-7,10-11,14,17H,8-9,12-13,15H2,1-2H3,(H,25,26,28). The maximum absolute atomic E-state index is 12.2. The number of methoxy groups -OCH3 is 2. The van der Waals surface area contributed by atoms with E-state index < -0.39 is 0 Å². The first-order valence-electron chi connectivity index (χ1n) is 10.1. The van der Waals surface area contributed by atoms with Gasteiger partial charge in [-0.2, -0.15) is 0 Å². The topological polar surface area (TPSA) is 80.3 Å². The second kappa shape index (κ2) is 9.09. The summed E-state index contributed by atoms with van der Waals surface area (Å²) in [6.45, 7) is 2.65. The van der Waals surface area contributed by atoms with Gasteiger partial charge in [0.25, 0.3) is 5.56 Å². The van der Waals surface area contributed by atoms with E-state index in [1.807, 2.05) is 24.3 Å². The minimum atomic E-state index is -0.115. The van der Waals surface area contributed by atoms with E-state index in [0.717, 1.165) is 60.9 Å². The number of aromatic nitrogens is 3. The van der Waals surface area contributed by atoms with Crippen molar-refractivity contribution in [2.75, 3.05) is 27.3 Å². The zero-order valence-electron chi connectivity index (χ0n) is 17.3. The van der Waals surface area contributed by atoms with Gasteiger partial charge in [-0.15, -0.1) is 0 Å². The summed E-state index contributed by atoms with van der Waals surface area (Å²) in [6.07, 6.45) is 5.30. The van der Waals surface area contributed by atoms with Crippen molar-refractivity contribution in [3.8, 4) is 22.8 Å². The highest BCUT2D eigenvalue weighted by Gasteiger charge is 2.24. The van der Waals surface area contributed by atoms with E-state index in [9.17, 15) is 4.79 Å². The lowest BCUT2D eigenvalue weighted by Gasteiger charge is -2.32. The zero-order valence-corrected chi connectivity index (χ0v) is 17.3. The Bertz CT molecular complexity index is 1040. The van der Waals surface area contributed by atoms with Crippen LogP contribution in [0.1, 0.15) is 30.1 Å². The van der Waals surface area contributed by atoms with Crippen LogP contribution in [0.4, 0.5) is 0 Å². The van der Waals surface area contributed by atoms with Crippen molar-refractivity contribution >= 4 is 0 Å². The van der Waals surface area contributed by atoms with Crippen LogP contribution in [0.3, 0.4) is 0 Å². The average Bonchev–Trinajstić information content (AvgIpc) is 2.79. The van der Waals surface area contributed by atoms with Gasteiger partial charge in [0.05, 0.1) is 19.9 Å². The zero-order chi connectivity index (χ0) is 20.9. The number of likely N-dealkylation sites (tertiary alicyclic amines) is 1. The van der Waals surface area contributed by atoms with Crippen molar-refractivity contribution in [2.24, 2.45) is 0 Å². The summed E-state index contributed by atoms with van der Waals surface area (Å²) in [6, 6.07) is 11.3. The van der Waals surface area contributed by atoms with Crippen LogP contribution < -0.4 is 15.0 Å². The van der Waals surface area contributed by atoms with Gasteiger partial charge in [0, 0.05) is 42.0 Å². The molecule has 0 amide bonds. The van der Waals surface area contributed by atoms with Crippen molar-refractivity contribution in [1.29, 1.82) is 0 Å². The van der Waals surface area contributed by atoms with Crippen LogP contribution >= 0.6 is 0 Å². The van der Waals surface area contributed by atoms with Crippen molar-refractivity contribution < 1.29 is 9.47 Å². The van der Waals surface area contributed by atoms with Gasteiger partial charge in [-0.3, -0.25) is 14.7 Å². The Balaban J connectivity index is 1.46. The molecule has 0 aliphatic carbocycles. The number of piperidine rings is 1. The molecule has 156 valence electrons. The van der Waals surface area contributed by atoms with Crippen molar-refractivity contribution in [1.82, 2.24) is 19.9 Å². The molecular weight excluding hydrogens is 380 g/mol. The van der Waals surface area contributed by atoms with E-state index in [4.69, 9.17) is 14.5 Å². The Labute approximate surface area is 175 Å². The molecule has 4 rings (SSSR count). The van der Waals surface area contributed by atoms with E-state index >= 15 is 0 Å². The molecule has 1 aliphatic rings. The van der Waals surface area contributed by atoms with Gasteiger partial charge >= 0.3 is 0 Å². The third kappa shape index (κ3) is 4.36. The molecule has 3 aromatic rings. The summed E-state index contributed by atoms with van der Waals surface area (Å²) in [5.74, 6) is 2.55. The molecule has 1 saturated heterocycles. The molecule has 0 radical (unpaired) electrons. The summed E-state index contributed by atoms with van der Waals surface area (Å²) < 4.78 is 11.0. The van der Waals surface area contributed by atoms with Crippen LogP contribution in [-0.2, 0) is 6.54 Å². The Morgan fingerprint density at radius 3 is 2.57 bits per heavy atom. The molecule has 7 nitrogen and oxygen atoms in total. The summed E-state index contributed by atoms with van der Waals surface area (Å²) >= 11 is 0. The fourth-order valence-electron chi connectivity index (χ4n) is 4.02. The van der Waals surface area contributed by atoms with Crippen LogP contribution in [0, 0.1) is 0 Å². The molecule has 0 atom stereocenters. The molecule has 3 heterocycles. The summed E-state index contributed by atoms with van der Waals surface area (Å²) in [4.78, 5) is 26.3. The first-order chi connectivity index (χ1) is 14.7. The largest absolute Gasteiger partial charge is 0.493 e. The van der Waals surface area contributed by atoms with Crippen LogP contribution in [0.5, 0.6) is 11.5 Å². The number of hydrogen-bond acceptors (Lipinski definition) is 6. The van der Waals surface area contributed by atoms with Crippen molar-refractivity contribution in [3.05, 3.63) is 70.5 Å². The van der Waals surface area contributed by atoms with E-state index in [-0.39, 0.29) is 11.5 Å². The normalized spacial score (nSPS) is 15.1. The summed E-state index contributed by atoms with van der Waals surface area (Å²) in [5.41, 5.74) is 2.59. The number of para-hydroxylation sites is 1. The molecule has 7 heteroatoms. The van der Waals surface area contributed by atoms with Crippen LogP contribution in [0.25, 0.3) is 11.3 Å². The number of pyridine rings is 1. The van der Waals surface area contributed by atoms with E-state index in [0.29, 0.717) is 5.69 Å². The molecule has 0 saturated carbocycles. The maximum Gasteiger partial charge on any atom is 0.251 e. The highest BCUT2D eigenvalue weighted by molar-refractivity contribution is 5.57. The third-order valence-electron chi connectivity index (χ3n) is 5.59. The molecule has 2 aromatic heterocycles. The van der Waals surface area contributed by atoms with E-state index in [1.165, 1.54) is 0 Å². The molecule has 0 bridgehead atoms. The predicted molar refractivity (Wildman–Crippen MR) is 115 cm³/mol. The molecule has 30 heavy (non-hydrogen) atoms. The first-order valence-corrected chi connectivity index (χ1v) is 10.1. The smallest absolute Gasteiger partial charge is 0.251 e. The van der Waals surface area contributed by atoms with Crippen LogP contribution in [0.2, 0.25) is 0 Å². The number of H-pyrrole nitrogens is 1. The van der Waals surface area contributed by atoms with Crippen LogP contribution in [0.15, 0.2) is 53.6 Å². The van der Waals surface area contributed by atoms with Gasteiger partial charge in [-0.1, -0.05) is 12.1 Å². The number of ether oxygens (including phenoxy) is 2. The maximum atomic E-state index is 12.2. The molecule has 0 unspecified atom stereocenters. The van der Waals surface area contributed by atoms with Crippen molar-refractivity contribution in [3.63, 3.8) is 0 Å². The number of aromatic amines is 1. The Hall–Kier alpha value is -3.19. The average molecular weight is 406 g/mol. The lowest BCUT2D eigenvalue weighted by molar-refractivity contribution is 0.199. The van der Waals surface area contributed by atoms with Gasteiger partial charge in [0.15, 0.2) is 11.5 Å². The second-order valence-electron chi connectivity index (χ2n) is 7.45. The SMILES string of the molecule is COc1cccc(CN2CCC(c3nc(-c4ccncc4)cc(=O)[nH]3)CC2)c1OC. The first kappa shape index (κ1) is 20.1. The third-order valence-corrected chi connectivity index (χ3v) is 5.59. The Morgan fingerprint density at radius 1 is 1.10 bits per heavy atom. The van der Waals surface area contributed by atoms with Crippen molar-refractivity contribution in [2.45, 2.75) is 25.3 Å². The highest BCUT2D eigenvalue weighted by atomic mass is 16.5. The molecular formula is C23H26N4O3. The number of nitrogens with zero attached hydrogens (tertiary/aromatic N) is 3. The summed E-state index contributed by atoms with van der Waals surface area (Å²) in [5, 5.41) is 0. The predicted octanol–water partition coefficient (Wildman–Crippen LogP) is 3.23. The van der Waals surface area contributed by atoms with Gasteiger partial charge < -0.3 is 14.5 Å². The number of rotatable bonds is 6. The fourth-order valence-corrected chi connectivity index (χ4v) is 4.02. The minimum Gasteiger partial charge on any atom is -0.493 e. The lowest BCUT2D eigenvalue weighted by Crippen LogP contribution is -2.33. The minimum absolute atomic E-state index is 0.115. The lowest BCUT2D eigenvalue weighted by atomic mass is 9.95. The number of nitrogens with one attached hydrogen (secondary N) is 1. The van der Waals surface area contributed by atoms with Crippen LogP contribution in [-0.4, -0.2) is 47.2 Å². The van der Waals surface area contributed by atoms with E-state index in [2.05, 4.69) is 20.9 Å². The quantitative estimate of drug-likeness (QED) is 0.677. The van der Waals surface area contributed by atoms with Gasteiger partial charge in [-0.25, -0.2) is 4.98 Å². The molecule has 1 fully saturated rings. The van der Waals surface area contributed by atoms with Gasteiger partial charge in [0.1, 0.15) is 5.82 Å². The second-order valence-corrected chi connectivity index (χ2v) is 7.45. The molecule has 1 N–H and O–H groups in total. The highest BCUT2D eigenvalue weighted by Crippen LogP contribution is 2.33. The monoisotopic (exact) mass is 406 g/mol. The van der Waals surface area contributed by atoms with E-state index in [1.54, 1.807) is 32.7 Å².